The maximum absolute atomic E-state index is 14.4. The molecule has 0 amide bonds. The Balaban J connectivity index is 0.00000121. The van der Waals surface area contributed by atoms with Crippen molar-refractivity contribution >= 4 is 35.6 Å². The van der Waals surface area contributed by atoms with E-state index in [4.69, 9.17) is 4.98 Å². The fraction of sp³-hybridized carbons (Fsp3) is 0.438. The van der Waals surface area contributed by atoms with E-state index in [0.29, 0.717) is 0 Å². The van der Waals surface area contributed by atoms with Crippen LogP contribution in [0.15, 0.2) is 45.7 Å². The van der Waals surface area contributed by atoms with E-state index in [1.54, 1.807) is 6.08 Å². The molecule has 0 N–H and O–H groups in total. The van der Waals surface area contributed by atoms with Crippen LogP contribution in [-0.4, -0.2) is 12.4 Å². The molecule has 122 valence electrons. The Labute approximate surface area is 151 Å². The van der Waals surface area contributed by atoms with Gasteiger partial charge in [-0.15, -0.1) is 24.8 Å². The summed E-state index contributed by atoms with van der Waals surface area (Å²) < 4.78 is 17.6. The fourth-order valence-corrected chi connectivity index (χ4v) is 23.2. The van der Waals surface area contributed by atoms with Crippen molar-refractivity contribution in [2.45, 2.75) is 42.2 Å². The molecule has 0 radical (unpaired) electrons. The first-order valence-corrected chi connectivity index (χ1v) is 19.9. The molecule has 1 heterocycles. The van der Waals surface area contributed by atoms with Gasteiger partial charge < -0.3 is 0 Å². The van der Waals surface area contributed by atoms with E-state index in [-0.39, 0.29) is 30.6 Å². The van der Waals surface area contributed by atoms with Crippen LogP contribution in [0.2, 0.25) is 3.63 Å². The number of hydrogen-bond donors (Lipinski definition) is 0. The van der Waals surface area contributed by atoms with Gasteiger partial charge in [0.05, 0.1) is 0 Å². The van der Waals surface area contributed by atoms with Crippen LogP contribution in [0.3, 0.4) is 0 Å². The summed E-state index contributed by atoms with van der Waals surface area (Å²) in [6, 6.07) is 6.27. The van der Waals surface area contributed by atoms with Crippen molar-refractivity contribution in [3.05, 3.63) is 45.7 Å². The van der Waals surface area contributed by atoms with E-state index in [9.17, 15) is 4.39 Å². The Morgan fingerprint density at radius 1 is 1.14 bits per heavy atom. The van der Waals surface area contributed by atoms with E-state index >= 15 is 0 Å². The monoisotopic (exact) mass is 437 g/mol. The predicted molar refractivity (Wildman–Crippen MR) is 97.0 cm³/mol. The molecule has 6 heteroatoms. The zero-order valence-corrected chi connectivity index (χ0v) is 19.0. The van der Waals surface area contributed by atoms with Gasteiger partial charge >= 0.3 is 127 Å². The molecule has 0 spiro atoms. The van der Waals surface area contributed by atoms with E-state index in [0.717, 1.165) is 17.4 Å². The molecule has 1 aromatic heterocycles. The molecule has 2 aliphatic carbocycles. The van der Waals surface area contributed by atoms with Gasteiger partial charge in [-0.3, -0.25) is 0 Å². The van der Waals surface area contributed by atoms with Gasteiger partial charge in [-0.2, -0.15) is 0 Å². The molecule has 22 heavy (non-hydrogen) atoms. The van der Waals surface area contributed by atoms with Crippen LogP contribution in [0, 0.1) is 0 Å². The van der Waals surface area contributed by atoms with Gasteiger partial charge in [-0.05, 0) is 0 Å². The van der Waals surface area contributed by atoms with Crippen molar-refractivity contribution in [3.8, 4) is 0 Å². The van der Waals surface area contributed by atoms with Crippen LogP contribution in [-0.2, 0) is 19.4 Å². The Morgan fingerprint density at radius 2 is 1.86 bits per heavy atom. The van der Waals surface area contributed by atoms with Crippen molar-refractivity contribution in [2.24, 2.45) is 0 Å². The second kappa shape index (κ2) is 8.92. The third kappa shape index (κ3) is 3.83. The SMILES string of the molecule is Cl.Cl.FC1=[C]([Zr]([SiH3])([c]2ccccn2)[CH]2CCCCC2)CC=C1. The normalized spacial score (nSPS) is 21.1. The fourth-order valence-electron chi connectivity index (χ4n) is 3.90. The van der Waals surface area contributed by atoms with Crippen molar-refractivity contribution < 1.29 is 23.8 Å². The summed E-state index contributed by atoms with van der Waals surface area (Å²) in [7, 11) is 1.14. The quantitative estimate of drug-likeness (QED) is 0.652. The van der Waals surface area contributed by atoms with Crippen LogP contribution in [0.5, 0.6) is 0 Å². The average Bonchev–Trinajstić information content (AvgIpc) is 2.95. The van der Waals surface area contributed by atoms with Gasteiger partial charge in [-0.1, -0.05) is 0 Å². The summed E-state index contributed by atoms with van der Waals surface area (Å²) in [6.45, 7) is 0. The first-order chi connectivity index (χ1) is 9.73. The molecule has 1 nitrogen and oxygen atoms in total. The van der Waals surface area contributed by atoms with E-state index < -0.39 is 19.4 Å². The summed E-state index contributed by atoms with van der Waals surface area (Å²) in [5, 5.41) is 0. The third-order valence-electron chi connectivity index (χ3n) is 5.12. The zero-order valence-electron chi connectivity index (χ0n) is 12.9. The van der Waals surface area contributed by atoms with Crippen molar-refractivity contribution in [3.63, 3.8) is 0 Å². The number of halogens is 3. The number of allylic oxidation sites excluding steroid dienone is 4. The molecule has 0 saturated heterocycles. The van der Waals surface area contributed by atoms with Crippen LogP contribution in [0.25, 0.3) is 0 Å². The molecule has 0 aliphatic heterocycles. The van der Waals surface area contributed by atoms with Crippen LogP contribution in [0.4, 0.5) is 4.39 Å². The van der Waals surface area contributed by atoms with E-state index in [1.165, 1.54) is 38.8 Å². The summed E-state index contributed by atoms with van der Waals surface area (Å²) in [4.78, 5) is 4.70. The molecular weight excluding hydrogens is 415 g/mol. The Bertz CT molecular complexity index is 546. The van der Waals surface area contributed by atoms with E-state index in [1.807, 2.05) is 18.3 Å². The predicted octanol–water partition coefficient (Wildman–Crippen LogP) is 3.88. The zero-order chi connectivity index (χ0) is 14.0. The molecule has 0 bridgehead atoms. The number of pyridine rings is 1. The van der Waals surface area contributed by atoms with Crippen molar-refractivity contribution in [1.29, 1.82) is 0 Å². The van der Waals surface area contributed by atoms with Crippen molar-refractivity contribution in [1.82, 2.24) is 4.98 Å². The summed E-state index contributed by atoms with van der Waals surface area (Å²) in [5.41, 5.74) is 0. The standard InChI is InChI=1S/C6H11.C5H4F.C5H4N.2ClH.H3Si.Zr/c1-2-4-6-5-3-1;6-5-3-1-2-4-5;1-2-4-6-5-3-1;;;;/h1H,2-6H2;1,3H,2H2;1-4H;2*1H;1H3;. The number of aromatic nitrogens is 1. The third-order valence-corrected chi connectivity index (χ3v) is 29.5. The number of hydrogen-bond acceptors (Lipinski definition) is 1. The first kappa shape index (κ1) is 20.3. The molecule has 1 unspecified atom stereocenters. The van der Waals surface area contributed by atoms with Gasteiger partial charge in [-0.25, -0.2) is 0 Å². The summed E-state index contributed by atoms with van der Waals surface area (Å²) >= 11 is -2.79. The number of rotatable bonds is 3. The molecule has 1 fully saturated rings. The molecule has 3 rings (SSSR count). The first-order valence-electron chi connectivity index (χ1n) is 7.70. The van der Waals surface area contributed by atoms with Gasteiger partial charge in [0.25, 0.3) is 0 Å². The molecule has 0 aromatic carbocycles. The maximum atomic E-state index is 14.4. The Morgan fingerprint density at radius 3 is 2.41 bits per heavy atom. The van der Waals surface area contributed by atoms with Gasteiger partial charge in [0, 0.05) is 0 Å². The summed E-state index contributed by atoms with van der Waals surface area (Å²) in [5.74, 6) is 0.0898. The van der Waals surface area contributed by atoms with Crippen LogP contribution in [0.1, 0.15) is 38.5 Å². The minimum atomic E-state index is -2.79. The minimum absolute atomic E-state index is 0. The second-order valence-corrected chi connectivity index (χ2v) is 26.2. The van der Waals surface area contributed by atoms with Crippen LogP contribution >= 0.6 is 24.8 Å². The molecule has 1 atom stereocenters. The molecule has 1 aromatic rings. The van der Waals surface area contributed by atoms with Gasteiger partial charge in [0.15, 0.2) is 0 Å². The molecular formula is C16H24Cl2FNSiZr. The van der Waals surface area contributed by atoms with Gasteiger partial charge in [0.1, 0.15) is 0 Å². The summed E-state index contributed by atoms with van der Waals surface area (Å²) in [6.07, 6.45) is 13.1. The second-order valence-electron chi connectivity index (χ2n) is 6.19. The number of nitrogens with zero attached hydrogens (tertiary/aromatic N) is 1. The molecule has 2 aliphatic rings. The van der Waals surface area contributed by atoms with Crippen LogP contribution < -0.4 is 3.40 Å². The van der Waals surface area contributed by atoms with E-state index in [2.05, 4.69) is 12.1 Å². The van der Waals surface area contributed by atoms with Gasteiger partial charge in [0.2, 0.25) is 0 Å². The Hall–Kier alpha value is 0.240. The topological polar surface area (TPSA) is 12.9 Å². The Kier molecular flexibility index (Phi) is 8.22. The molecule has 1 saturated carbocycles. The average molecular weight is 440 g/mol. The van der Waals surface area contributed by atoms with Crippen molar-refractivity contribution in [2.75, 3.05) is 0 Å².